The van der Waals surface area contributed by atoms with Crippen molar-refractivity contribution >= 4 is 46.6 Å². The molecule has 0 radical (unpaired) electrons. The maximum Gasteiger partial charge on any atom is 0.251 e. The number of amides is 3. The summed E-state index contributed by atoms with van der Waals surface area (Å²) in [6.45, 7) is 9.94. The van der Waals surface area contributed by atoms with Gasteiger partial charge in [0.2, 0.25) is 11.8 Å². The molecule has 1 aromatic carbocycles. The smallest absolute Gasteiger partial charge is 0.251 e. The first-order chi connectivity index (χ1) is 21.4. The summed E-state index contributed by atoms with van der Waals surface area (Å²) < 4.78 is 6.00. The summed E-state index contributed by atoms with van der Waals surface area (Å²) in [6.07, 6.45) is 5.51. The first-order valence-corrected chi connectivity index (χ1v) is 16.9. The van der Waals surface area contributed by atoms with Crippen LogP contribution in [0.2, 0.25) is 10.2 Å². The fourth-order valence-electron chi connectivity index (χ4n) is 8.39. The van der Waals surface area contributed by atoms with Crippen LogP contribution in [0, 0.1) is 5.41 Å². The van der Waals surface area contributed by atoms with Crippen LogP contribution in [0.3, 0.4) is 0 Å². The number of carbonyl (C=O) groups excluding carboxylic acids is 3. The molecular weight excluding hydrogens is 613 g/mol. The molecule has 1 aliphatic carbocycles. The zero-order valence-corrected chi connectivity index (χ0v) is 27.9. The number of aromatic nitrogens is 1. The number of likely N-dealkylation sites (N-methyl/N-ethyl adjacent to an activating group) is 1. The molecule has 5 atom stereocenters. The van der Waals surface area contributed by atoms with E-state index in [9.17, 15) is 14.4 Å². The summed E-state index contributed by atoms with van der Waals surface area (Å²) in [4.78, 5) is 47.9. The van der Waals surface area contributed by atoms with Gasteiger partial charge in [-0.2, -0.15) is 0 Å². The number of hydrogen-bond acceptors (Lipinski definition) is 6. The summed E-state index contributed by atoms with van der Waals surface area (Å²) in [5, 5.41) is 11.0. The monoisotopic (exact) mass is 655 g/mol. The van der Waals surface area contributed by atoms with E-state index in [4.69, 9.17) is 27.9 Å². The van der Waals surface area contributed by atoms with Gasteiger partial charge in [-0.15, -0.1) is 0 Å². The highest BCUT2D eigenvalue weighted by Gasteiger charge is 2.72. The van der Waals surface area contributed by atoms with Gasteiger partial charge >= 0.3 is 0 Å². The third kappa shape index (κ3) is 5.43. The van der Waals surface area contributed by atoms with Crippen molar-refractivity contribution in [3.63, 3.8) is 0 Å². The maximum absolute atomic E-state index is 14.6. The van der Waals surface area contributed by atoms with E-state index in [0.717, 1.165) is 36.8 Å². The van der Waals surface area contributed by atoms with E-state index < -0.39 is 29.0 Å². The van der Waals surface area contributed by atoms with Crippen molar-refractivity contribution in [3.8, 4) is 0 Å². The van der Waals surface area contributed by atoms with E-state index >= 15 is 0 Å². The zero-order valence-electron chi connectivity index (χ0n) is 26.4. The van der Waals surface area contributed by atoms with Gasteiger partial charge in [-0.25, -0.2) is 4.98 Å². The Morgan fingerprint density at radius 2 is 1.80 bits per heavy atom. The lowest BCUT2D eigenvalue weighted by Gasteiger charge is -2.50. The van der Waals surface area contributed by atoms with Gasteiger partial charge in [-0.3, -0.25) is 19.7 Å². The molecule has 3 aliphatic heterocycles. The Balaban J connectivity index is 1.37. The molecule has 3 N–H and O–H groups in total. The molecule has 45 heavy (non-hydrogen) atoms. The topological polar surface area (TPSA) is 113 Å². The van der Waals surface area contributed by atoms with Crippen LogP contribution in [0.4, 0.5) is 5.69 Å². The zero-order chi connectivity index (χ0) is 32.1. The number of fused-ring (bicyclic) bond motifs is 3. The number of carbonyl (C=O) groups is 3. The van der Waals surface area contributed by atoms with Crippen molar-refractivity contribution in [1.29, 1.82) is 0 Å². The molecule has 1 saturated carbocycles. The molecule has 4 aliphatic rings. The Morgan fingerprint density at radius 1 is 1.07 bits per heavy atom. The molecule has 2 spiro atoms. The minimum Gasteiger partial charge on any atom is -0.366 e. The molecule has 3 fully saturated rings. The standard InChI is InChI=1S/C34H43Cl2N5O4/c1-5-41(6-2)30(43)25-10-8-22(19-45-25)38-29(42)28-27(20-11-16-37-26(36)17-20)34(33(40-28)14-12-32(3,4)13-15-33)23-9-7-21(35)18-24(23)39-31(34)44/h7,9,11,16-18,22,25,27-28,40H,5-6,8,10,12-15,19H2,1-4H3,(H,38,42)(H,39,44)/t22-,25+,27+,28-,34-/m1/s1. The van der Waals surface area contributed by atoms with E-state index in [1.807, 2.05) is 32.0 Å². The Morgan fingerprint density at radius 3 is 2.44 bits per heavy atom. The average Bonchev–Trinajstić information content (AvgIpc) is 3.47. The normalized spacial score (nSPS) is 29.8. The highest BCUT2D eigenvalue weighted by atomic mass is 35.5. The summed E-state index contributed by atoms with van der Waals surface area (Å²) in [6, 6.07) is 8.19. The molecule has 6 rings (SSSR count). The van der Waals surface area contributed by atoms with Crippen LogP contribution < -0.4 is 16.0 Å². The van der Waals surface area contributed by atoms with E-state index in [-0.39, 0.29) is 35.8 Å². The Bertz CT molecular complexity index is 1480. The van der Waals surface area contributed by atoms with Gasteiger partial charge in [0.1, 0.15) is 16.7 Å². The second-order valence-electron chi connectivity index (χ2n) is 13.8. The second kappa shape index (κ2) is 12.1. The van der Waals surface area contributed by atoms with Gasteiger partial charge in [0.25, 0.3) is 5.91 Å². The summed E-state index contributed by atoms with van der Waals surface area (Å²) >= 11 is 12.9. The van der Waals surface area contributed by atoms with Gasteiger partial charge in [-0.05, 0) is 93.2 Å². The van der Waals surface area contributed by atoms with Crippen LogP contribution in [0.1, 0.15) is 83.3 Å². The van der Waals surface area contributed by atoms with Crippen molar-refractivity contribution in [3.05, 3.63) is 57.8 Å². The lowest BCUT2D eigenvalue weighted by atomic mass is 9.53. The Kier molecular flexibility index (Phi) is 8.69. The summed E-state index contributed by atoms with van der Waals surface area (Å²) in [7, 11) is 0. The third-order valence-corrected chi connectivity index (χ3v) is 11.3. The molecule has 11 heteroatoms. The number of pyridine rings is 1. The molecule has 4 heterocycles. The predicted octanol–water partition coefficient (Wildman–Crippen LogP) is 5.21. The molecule has 3 amide bonds. The van der Waals surface area contributed by atoms with Gasteiger partial charge in [0.15, 0.2) is 0 Å². The molecule has 0 bridgehead atoms. The summed E-state index contributed by atoms with van der Waals surface area (Å²) in [5.74, 6) is -0.930. The van der Waals surface area contributed by atoms with Gasteiger partial charge in [0, 0.05) is 41.5 Å². The highest BCUT2D eigenvalue weighted by molar-refractivity contribution is 6.31. The highest BCUT2D eigenvalue weighted by Crippen LogP contribution is 2.63. The van der Waals surface area contributed by atoms with Crippen molar-refractivity contribution in [2.75, 3.05) is 25.0 Å². The molecular formula is C34H43Cl2N5O4. The number of benzene rings is 1. The quantitative estimate of drug-likeness (QED) is 0.369. The summed E-state index contributed by atoms with van der Waals surface area (Å²) in [5.41, 5.74) is 0.608. The molecule has 1 aromatic heterocycles. The molecule has 2 aromatic rings. The number of rotatable bonds is 6. The van der Waals surface area contributed by atoms with E-state index in [0.29, 0.717) is 41.8 Å². The molecule has 2 saturated heterocycles. The molecule has 242 valence electrons. The Labute approximate surface area is 275 Å². The SMILES string of the molecule is CCN(CC)C(=O)[C@@H]1CC[C@@H](NC(=O)[C@@H]2NC3(CCC(C)(C)CC3)[C@@]3(C(=O)Nc4cc(Cl)ccc43)[C@H]2c2ccnc(Cl)c2)CO1. The predicted molar refractivity (Wildman–Crippen MR) is 174 cm³/mol. The lowest BCUT2D eigenvalue weighted by Crippen LogP contribution is -2.61. The van der Waals surface area contributed by atoms with Crippen LogP contribution >= 0.6 is 23.2 Å². The number of anilines is 1. The van der Waals surface area contributed by atoms with Crippen molar-refractivity contribution in [2.24, 2.45) is 5.41 Å². The first-order valence-electron chi connectivity index (χ1n) is 16.2. The van der Waals surface area contributed by atoms with Crippen LogP contribution in [-0.2, 0) is 24.5 Å². The first kappa shape index (κ1) is 32.2. The number of nitrogens with one attached hydrogen (secondary N) is 3. The van der Waals surface area contributed by atoms with Gasteiger partial charge < -0.3 is 20.3 Å². The third-order valence-electron chi connectivity index (χ3n) is 10.8. The van der Waals surface area contributed by atoms with Crippen molar-refractivity contribution in [2.45, 2.75) is 101 Å². The number of hydrogen-bond donors (Lipinski definition) is 3. The Hall–Kier alpha value is -2.72. The molecule has 9 nitrogen and oxygen atoms in total. The van der Waals surface area contributed by atoms with E-state index in [1.54, 1.807) is 23.2 Å². The van der Waals surface area contributed by atoms with Crippen LogP contribution in [0.15, 0.2) is 36.5 Å². The van der Waals surface area contributed by atoms with E-state index in [1.165, 1.54) is 0 Å². The fraction of sp³-hybridized carbons (Fsp3) is 0.588. The maximum atomic E-state index is 14.6. The van der Waals surface area contributed by atoms with Crippen LogP contribution in [0.5, 0.6) is 0 Å². The van der Waals surface area contributed by atoms with E-state index in [2.05, 4.69) is 34.8 Å². The van der Waals surface area contributed by atoms with Gasteiger partial charge in [-0.1, -0.05) is 43.1 Å². The lowest BCUT2D eigenvalue weighted by molar-refractivity contribution is -0.147. The van der Waals surface area contributed by atoms with Gasteiger partial charge in [0.05, 0.1) is 18.7 Å². The number of nitrogens with zero attached hydrogens (tertiary/aromatic N) is 2. The number of ether oxygens (including phenoxy) is 1. The minimum atomic E-state index is -1.10. The number of halogens is 2. The average molecular weight is 657 g/mol. The van der Waals surface area contributed by atoms with Crippen LogP contribution in [0.25, 0.3) is 0 Å². The van der Waals surface area contributed by atoms with Crippen LogP contribution in [-0.4, -0.2) is 71.0 Å². The second-order valence-corrected chi connectivity index (χ2v) is 14.6. The fourth-order valence-corrected chi connectivity index (χ4v) is 8.74. The minimum absolute atomic E-state index is 0.00742. The van der Waals surface area contributed by atoms with Crippen molar-refractivity contribution < 1.29 is 19.1 Å². The van der Waals surface area contributed by atoms with Crippen molar-refractivity contribution in [1.82, 2.24) is 20.5 Å². The molecule has 0 unspecified atom stereocenters. The largest absolute Gasteiger partial charge is 0.366 e.